The van der Waals surface area contributed by atoms with Gasteiger partial charge >= 0.3 is 0 Å². The van der Waals surface area contributed by atoms with Crippen molar-refractivity contribution in [3.8, 4) is 10.4 Å². The Hall–Kier alpha value is -1.72. The number of piperidine rings is 1. The number of rotatable bonds is 3. The van der Waals surface area contributed by atoms with Crippen LogP contribution in [0.3, 0.4) is 0 Å². The van der Waals surface area contributed by atoms with Crippen LogP contribution in [0.1, 0.15) is 29.4 Å². The van der Waals surface area contributed by atoms with E-state index in [2.05, 4.69) is 0 Å². The monoisotopic (exact) mass is 333 g/mol. The molecular formula is C18H20FNO2S. The van der Waals surface area contributed by atoms with Gasteiger partial charge in [-0.25, -0.2) is 4.39 Å². The van der Waals surface area contributed by atoms with Gasteiger partial charge in [0.2, 0.25) is 0 Å². The Morgan fingerprint density at radius 3 is 2.48 bits per heavy atom. The zero-order valence-electron chi connectivity index (χ0n) is 13.0. The van der Waals surface area contributed by atoms with Crippen LogP contribution in [-0.4, -0.2) is 35.1 Å². The second-order valence-corrected chi connectivity index (χ2v) is 7.12. The fourth-order valence-corrected chi connectivity index (χ4v) is 3.94. The van der Waals surface area contributed by atoms with Crippen molar-refractivity contribution in [3.05, 3.63) is 47.1 Å². The lowest BCUT2D eigenvalue weighted by Gasteiger charge is -2.33. The van der Waals surface area contributed by atoms with Crippen molar-refractivity contribution in [2.45, 2.75) is 25.9 Å². The average molecular weight is 333 g/mol. The maximum Gasteiger partial charge on any atom is 0.263 e. The minimum atomic E-state index is -0.306. The molecule has 1 unspecified atom stereocenters. The van der Waals surface area contributed by atoms with Gasteiger partial charge in [0.1, 0.15) is 5.82 Å². The van der Waals surface area contributed by atoms with Gasteiger partial charge in [-0.2, -0.15) is 0 Å². The molecule has 1 atom stereocenters. The van der Waals surface area contributed by atoms with Gasteiger partial charge in [0.05, 0.1) is 11.0 Å². The second kappa shape index (κ2) is 6.81. The van der Waals surface area contributed by atoms with Crippen LogP contribution in [0.5, 0.6) is 0 Å². The van der Waals surface area contributed by atoms with E-state index in [1.54, 1.807) is 12.1 Å². The van der Waals surface area contributed by atoms with Crippen molar-refractivity contribution in [1.29, 1.82) is 0 Å². The van der Waals surface area contributed by atoms with Crippen molar-refractivity contribution in [1.82, 2.24) is 4.90 Å². The van der Waals surface area contributed by atoms with Crippen molar-refractivity contribution < 1.29 is 14.3 Å². The van der Waals surface area contributed by atoms with Gasteiger partial charge in [-0.3, -0.25) is 4.79 Å². The summed E-state index contributed by atoms with van der Waals surface area (Å²) in [7, 11) is 0. The van der Waals surface area contributed by atoms with Crippen molar-refractivity contribution in [3.63, 3.8) is 0 Å². The Labute approximate surface area is 139 Å². The van der Waals surface area contributed by atoms with Crippen molar-refractivity contribution in [2.24, 2.45) is 5.92 Å². The highest BCUT2D eigenvalue weighted by molar-refractivity contribution is 7.17. The van der Waals surface area contributed by atoms with Gasteiger partial charge in [0.25, 0.3) is 5.91 Å². The summed E-state index contributed by atoms with van der Waals surface area (Å²) in [5, 5.41) is 9.64. The highest BCUT2D eigenvalue weighted by Gasteiger charge is 2.26. The molecule has 1 aromatic carbocycles. The maximum atomic E-state index is 13.0. The number of aliphatic hydroxyl groups excluding tert-OH is 1. The first-order valence-corrected chi connectivity index (χ1v) is 8.69. The normalized spacial score (nSPS) is 17.3. The number of carbonyl (C=O) groups excluding carboxylic acids is 1. The van der Waals surface area contributed by atoms with Gasteiger partial charge < -0.3 is 10.0 Å². The Kier molecular flexibility index (Phi) is 4.78. The van der Waals surface area contributed by atoms with E-state index in [0.29, 0.717) is 18.0 Å². The van der Waals surface area contributed by atoms with Gasteiger partial charge in [0, 0.05) is 18.0 Å². The molecule has 0 bridgehead atoms. The first-order valence-electron chi connectivity index (χ1n) is 7.87. The standard InChI is InChI=1S/C18H20FNO2S/c1-12(21)13-8-10-20(11-9-13)18(22)17-7-6-16(23-17)14-2-4-15(19)5-3-14/h2-7,12-13,21H,8-11H2,1H3. The van der Waals surface area contributed by atoms with Crippen LogP contribution in [0.25, 0.3) is 10.4 Å². The van der Waals surface area contributed by atoms with E-state index in [9.17, 15) is 14.3 Å². The summed E-state index contributed by atoms with van der Waals surface area (Å²) in [6.07, 6.45) is 1.39. The Morgan fingerprint density at radius 2 is 1.87 bits per heavy atom. The molecule has 0 aliphatic carbocycles. The lowest BCUT2D eigenvalue weighted by molar-refractivity contribution is 0.0525. The third-order valence-electron chi connectivity index (χ3n) is 4.45. The molecule has 1 aliphatic heterocycles. The Balaban J connectivity index is 1.68. The zero-order chi connectivity index (χ0) is 16.4. The van der Waals surface area contributed by atoms with Crippen LogP contribution >= 0.6 is 11.3 Å². The molecule has 1 amide bonds. The number of thiophene rings is 1. The van der Waals surface area contributed by atoms with Gasteiger partial charge in [0.15, 0.2) is 0 Å². The first-order chi connectivity index (χ1) is 11.0. The number of carbonyl (C=O) groups is 1. The Morgan fingerprint density at radius 1 is 1.22 bits per heavy atom. The van der Waals surface area contributed by atoms with Crippen LogP contribution in [0, 0.1) is 11.7 Å². The molecule has 3 rings (SSSR count). The van der Waals surface area contributed by atoms with Crippen molar-refractivity contribution >= 4 is 17.2 Å². The van der Waals surface area contributed by atoms with E-state index in [0.717, 1.165) is 23.3 Å². The third-order valence-corrected chi connectivity index (χ3v) is 5.58. The SMILES string of the molecule is CC(O)C1CCN(C(=O)c2ccc(-c3ccc(F)cc3)s2)CC1. The number of benzene rings is 1. The van der Waals surface area contributed by atoms with E-state index in [-0.39, 0.29) is 23.7 Å². The van der Waals surface area contributed by atoms with Crippen LogP contribution in [0.4, 0.5) is 4.39 Å². The number of halogens is 1. The molecule has 0 radical (unpaired) electrons. The van der Waals surface area contributed by atoms with Gasteiger partial charge in [-0.1, -0.05) is 12.1 Å². The molecule has 122 valence electrons. The quantitative estimate of drug-likeness (QED) is 0.928. The molecule has 0 spiro atoms. The van der Waals surface area contributed by atoms with Crippen LogP contribution in [-0.2, 0) is 0 Å². The predicted molar refractivity (Wildman–Crippen MR) is 90.0 cm³/mol. The number of nitrogens with zero attached hydrogens (tertiary/aromatic N) is 1. The van der Waals surface area contributed by atoms with Crippen LogP contribution in [0.2, 0.25) is 0 Å². The first kappa shape index (κ1) is 16.1. The summed E-state index contributed by atoms with van der Waals surface area (Å²) >= 11 is 1.44. The number of hydrogen-bond acceptors (Lipinski definition) is 3. The van der Waals surface area contributed by atoms with Crippen LogP contribution in [0.15, 0.2) is 36.4 Å². The minimum Gasteiger partial charge on any atom is -0.393 e. The molecule has 2 aromatic rings. The molecule has 23 heavy (non-hydrogen) atoms. The minimum absolute atomic E-state index is 0.0485. The molecule has 3 nitrogen and oxygen atoms in total. The van der Waals surface area contributed by atoms with E-state index in [1.165, 1.54) is 23.5 Å². The number of hydrogen-bond donors (Lipinski definition) is 1. The molecular weight excluding hydrogens is 313 g/mol. The van der Waals surface area contributed by atoms with E-state index in [1.807, 2.05) is 24.0 Å². The molecule has 1 fully saturated rings. The summed E-state index contributed by atoms with van der Waals surface area (Å²) in [4.78, 5) is 16.1. The molecule has 1 aromatic heterocycles. The Bertz CT molecular complexity index is 673. The lowest BCUT2D eigenvalue weighted by atomic mass is 9.92. The summed E-state index contributed by atoms with van der Waals surface area (Å²) in [6, 6.07) is 10.1. The smallest absolute Gasteiger partial charge is 0.263 e. The van der Waals surface area contributed by atoms with Gasteiger partial charge in [-0.15, -0.1) is 11.3 Å². The second-order valence-electron chi connectivity index (χ2n) is 6.04. The van der Waals surface area contributed by atoms with Crippen molar-refractivity contribution in [2.75, 3.05) is 13.1 Å². The highest BCUT2D eigenvalue weighted by Crippen LogP contribution is 2.30. The highest BCUT2D eigenvalue weighted by atomic mass is 32.1. The largest absolute Gasteiger partial charge is 0.393 e. The van der Waals surface area contributed by atoms with Crippen LogP contribution < -0.4 is 0 Å². The fraction of sp³-hybridized carbons (Fsp3) is 0.389. The summed E-state index contributed by atoms with van der Waals surface area (Å²) < 4.78 is 13.0. The third kappa shape index (κ3) is 3.62. The fourth-order valence-electron chi connectivity index (χ4n) is 2.96. The lowest BCUT2D eigenvalue weighted by Crippen LogP contribution is -2.40. The van der Waals surface area contributed by atoms with E-state index < -0.39 is 0 Å². The molecule has 0 saturated carbocycles. The summed E-state index contributed by atoms with van der Waals surface area (Å²) in [5.41, 5.74) is 0.920. The number of amides is 1. The summed E-state index contributed by atoms with van der Waals surface area (Å²) in [5.74, 6) is 0.0761. The zero-order valence-corrected chi connectivity index (χ0v) is 13.9. The van der Waals surface area contributed by atoms with E-state index in [4.69, 9.17) is 0 Å². The molecule has 2 heterocycles. The average Bonchev–Trinajstić information content (AvgIpc) is 3.05. The maximum absolute atomic E-state index is 13.0. The van der Waals surface area contributed by atoms with Gasteiger partial charge in [-0.05, 0) is 55.5 Å². The predicted octanol–water partition coefficient (Wildman–Crippen LogP) is 3.79. The summed E-state index contributed by atoms with van der Waals surface area (Å²) in [6.45, 7) is 3.20. The molecule has 1 aliphatic rings. The topological polar surface area (TPSA) is 40.5 Å². The number of aliphatic hydroxyl groups is 1. The molecule has 5 heteroatoms. The number of likely N-dealkylation sites (tertiary alicyclic amines) is 1. The molecule has 1 N–H and O–H groups in total. The van der Waals surface area contributed by atoms with E-state index >= 15 is 0 Å². The molecule has 1 saturated heterocycles.